The van der Waals surface area contributed by atoms with Gasteiger partial charge in [0.1, 0.15) is 0 Å². The van der Waals surface area contributed by atoms with Crippen molar-refractivity contribution < 1.29 is 4.79 Å². The summed E-state index contributed by atoms with van der Waals surface area (Å²) in [6.07, 6.45) is 3.67. The van der Waals surface area contributed by atoms with Crippen molar-refractivity contribution in [2.45, 2.75) is 27.7 Å². The zero-order chi connectivity index (χ0) is 20.9. The van der Waals surface area contributed by atoms with Crippen LogP contribution in [0.25, 0.3) is 11.8 Å². The molecule has 1 N–H and O–H groups in total. The lowest BCUT2D eigenvalue weighted by atomic mass is 10.1. The highest BCUT2D eigenvalue weighted by Gasteiger charge is 2.35. The Morgan fingerprint density at radius 1 is 1.21 bits per heavy atom. The molecule has 0 aliphatic carbocycles. The van der Waals surface area contributed by atoms with Crippen molar-refractivity contribution in [1.29, 1.82) is 5.41 Å². The Morgan fingerprint density at radius 3 is 2.69 bits per heavy atom. The average Bonchev–Trinajstić information content (AvgIpc) is 3.22. The number of benzene rings is 1. The largest absolute Gasteiger partial charge is 0.318 e. The van der Waals surface area contributed by atoms with Gasteiger partial charge in [-0.05, 0) is 80.6 Å². The maximum absolute atomic E-state index is 12.6. The Balaban J connectivity index is 1.78. The van der Waals surface area contributed by atoms with Crippen molar-refractivity contribution in [2.75, 3.05) is 6.26 Å². The molecular weight excluding hydrogens is 402 g/mol. The molecule has 0 atom stereocenters. The van der Waals surface area contributed by atoms with E-state index in [1.807, 2.05) is 26.2 Å². The standard InChI is InChI=1S/C21H21N5OS2/c1-11-7-6-8-17(13(11)3)25-12(2)9-15(14(25)4)10-16-18(22)26-20(23-19(16)27)29-21(24-26)28-5/h6-10,22H,1-5H3/b16-10-,22-18?. The Kier molecular flexibility index (Phi) is 5.00. The minimum absolute atomic E-state index is 0.0630. The van der Waals surface area contributed by atoms with E-state index in [0.29, 0.717) is 5.17 Å². The third-order valence-electron chi connectivity index (χ3n) is 5.20. The van der Waals surface area contributed by atoms with E-state index in [9.17, 15) is 4.79 Å². The fourth-order valence-electron chi connectivity index (χ4n) is 3.49. The van der Waals surface area contributed by atoms with Gasteiger partial charge in [-0.25, -0.2) is 0 Å². The van der Waals surface area contributed by atoms with Crippen LogP contribution in [0, 0.1) is 33.1 Å². The maximum Gasteiger partial charge on any atom is 0.283 e. The first kappa shape index (κ1) is 19.7. The van der Waals surface area contributed by atoms with E-state index in [-0.39, 0.29) is 11.4 Å². The van der Waals surface area contributed by atoms with Gasteiger partial charge in [-0.3, -0.25) is 10.2 Å². The summed E-state index contributed by atoms with van der Waals surface area (Å²) in [6, 6.07) is 8.30. The van der Waals surface area contributed by atoms with Gasteiger partial charge in [-0.15, -0.1) is 16.9 Å². The van der Waals surface area contributed by atoms with Crippen LogP contribution in [-0.2, 0) is 4.79 Å². The van der Waals surface area contributed by atoms with Crippen molar-refractivity contribution in [3.8, 4) is 5.69 Å². The summed E-state index contributed by atoms with van der Waals surface area (Å²) in [5.41, 5.74) is 6.81. The number of amides is 1. The van der Waals surface area contributed by atoms with Gasteiger partial charge in [-0.2, -0.15) is 10.0 Å². The number of nitrogens with zero attached hydrogens (tertiary/aromatic N) is 4. The van der Waals surface area contributed by atoms with Crippen LogP contribution in [0.2, 0.25) is 0 Å². The van der Waals surface area contributed by atoms with E-state index >= 15 is 0 Å². The molecule has 4 rings (SSSR count). The third-order valence-corrected chi connectivity index (χ3v) is 7.08. The Labute approximate surface area is 178 Å². The number of hydrazone groups is 1. The number of fused-ring (bicyclic) bond motifs is 1. The number of aliphatic imine (C=N–C) groups is 1. The summed E-state index contributed by atoms with van der Waals surface area (Å²) < 4.78 is 2.96. The van der Waals surface area contributed by atoms with E-state index in [1.165, 1.54) is 39.7 Å². The molecule has 0 fully saturated rings. The first-order valence-corrected chi connectivity index (χ1v) is 11.2. The molecule has 29 heavy (non-hydrogen) atoms. The molecule has 6 nitrogen and oxygen atoms in total. The van der Waals surface area contributed by atoms with E-state index in [1.54, 1.807) is 6.08 Å². The third kappa shape index (κ3) is 3.26. The minimum Gasteiger partial charge on any atom is -0.318 e. The van der Waals surface area contributed by atoms with Gasteiger partial charge in [0.05, 0.1) is 5.57 Å². The Hall–Kier alpha value is -2.58. The van der Waals surface area contributed by atoms with Crippen molar-refractivity contribution in [2.24, 2.45) is 10.1 Å². The first-order chi connectivity index (χ1) is 13.8. The number of aryl methyl sites for hydroxylation is 2. The number of nitrogens with one attached hydrogen (secondary N) is 1. The van der Waals surface area contributed by atoms with Gasteiger partial charge < -0.3 is 4.57 Å². The molecule has 2 aromatic rings. The molecule has 0 saturated heterocycles. The second-order valence-electron chi connectivity index (χ2n) is 6.97. The SMILES string of the molecule is CSC1=NN2C(=N)/C(=C/c3cc(C)n(-c4cccc(C)c4C)c3C)C(=O)N=C2S1. The van der Waals surface area contributed by atoms with Crippen LogP contribution in [0.5, 0.6) is 0 Å². The molecule has 3 heterocycles. The van der Waals surface area contributed by atoms with E-state index in [0.717, 1.165) is 27.0 Å². The lowest BCUT2D eigenvalue weighted by Crippen LogP contribution is -2.35. The number of aromatic nitrogens is 1. The number of rotatable bonds is 2. The molecule has 0 radical (unpaired) electrons. The van der Waals surface area contributed by atoms with E-state index in [2.05, 4.69) is 46.7 Å². The minimum atomic E-state index is -0.400. The zero-order valence-electron chi connectivity index (χ0n) is 16.9. The summed E-state index contributed by atoms with van der Waals surface area (Å²) in [5.74, 6) is -0.337. The first-order valence-electron chi connectivity index (χ1n) is 9.11. The molecule has 0 spiro atoms. The number of thioether (sulfide) groups is 2. The quantitative estimate of drug-likeness (QED) is 0.714. The number of hydrogen-bond acceptors (Lipinski definition) is 5. The van der Waals surface area contributed by atoms with Crippen LogP contribution in [0.1, 0.15) is 28.1 Å². The number of carbonyl (C=O) groups is 1. The zero-order valence-corrected chi connectivity index (χ0v) is 18.5. The summed E-state index contributed by atoms with van der Waals surface area (Å²) in [7, 11) is 0. The molecular formula is C21H21N5OS2. The highest BCUT2D eigenvalue weighted by molar-refractivity contribution is 8.45. The van der Waals surface area contributed by atoms with Gasteiger partial charge in [0, 0.05) is 17.1 Å². The molecule has 1 amide bonds. The van der Waals surface area contributed by atoms with Gasteiger partial charge in [0.2, 0.25) is 5.17 Å². The van der Waals surface area contributed by atoms with Crippen LogP contribution in [0.3, 0.4) is 0 Å². The predicted octanol–water partition coefficient (Wildman–Crippen LogP) is 4.65. The van der Waals surface area contributed by atoms with Crippen molar-refractivity contribution in [3.63, 3.8) is 0 Å². The highest BCUT2D eigenvalue weighted by atomic mass is 32.2. The lowest BCUT2D eigenvalue weighted by molar-refractivity contribution is -0.114. The molecule has 148 valence electrons. The van der Waals surface area contributed by atoms with Crippen LogP contribution < -0.4 is 0 Å². The number of carbonyl (C=O) groups excluding carboxylic acids is 1. The van der Waals surface area contributed by atoms with E-state index < -0.39 is 5.91 Å². The van der Waals surface area contributed by atoms with Crippen LogP contribution in [0.15, 0.2) is 39.9 Å². The predicted molar refractivity (Wildman–Crippen MR) is 123 cm³/mol. The fraction of sp³-hybridized carbons (Fsp3) is 0.238. The second kappa shape index (κ2) is 7.35. The lowest BCUT2D eigenvalue weighted by Gasteiger charge is -2.20. The summed E-state index contributed by atoms with van der Waals surface area (Å²) in [4.78, 5) is 16.8. The summed E-state index contributed by atoms with van der Waals surface area (Å²) in [6.45, 7) is 8.30. The van der Waals surface area contributed by atoms with Crippen LogP contribution in [-0.4, -0.2) is 37.1 Å². The van der Waals surface area contributed by atoms with Gasteiger partial charge in [-0.1, -0.05) is 12.1 Å². The molecule has 1 aromatic carbocycles. The van der Waals surface area contributed by atoms with Gasteiger partial charge in [0.25, 0.3) is 5.91 Å². The smallest absolute Gasteiger partial charge is 0.283 e. The van der Waals surface area contributed by atoms with Gasteiger partial charge in [0.15, 0.2) is 10.2 Å². The fourth-order valence-corrected chi connectivity index (χ4v) is 4.84. The molecule has 2 aliphatic rings. The van der Waals surface area contributed by atoms with Crippen LogP contribution >= 0.6 is 23.5 Å². The summed E-state index contributed by atoms with van der Waals surface area (Å²) >= 11 is 2.79. The maximum atomic E-state index is 12.6. The molecule has 2 aliphatic heterocycles. The molecule has 0 bridgehead atoms. The summed E-state index contributed by atoms with van der Waals surface area (Å²) in [5, 5.41) is 14.8. The molecule has 0 unspecified atom stereocenters. The average molecular weight is 424 g/mol. The monoisotopic (exact) mass is 423 g/mol. The highest BCUT2D eigenvalue weighted by Crippen LogP contribution is 2.32. The normalized spacial score (nSPS) is 17.7. The van der Waals surface area contributed by atoms with E-state index in [4.69, 9.17) is 5.41 Å². The number of amidine groups is 2. The Morgan fingerprint density at radius 2 is 1.97 bits per heavy atom. The van der Waals surface area contributed by atoms with Crippen molar-refractivity contribution in [3.05, 3.63) is 57.9 Å². The molecule has 0 saturated carbocycles. The van der Waals surface area contributed by atoms with Crippen molar-refractivity contribution >= 4 is 50.9 Å². The molecule has 1 aromatic heterocycles. The van der Waals surface area contributed by atoms with Crippen molar-refractivity contribution in [1.82, 2.24) is 9.58 Å². The second-order valence-corrected chi connectivity index (χ2v) is 8.98. The number of hydrogen-bond donors (Lipinski definition) is 1. The Bertz CT molecular complexity index is 1160. The van der Waals surface area contributed by atoms with Gasteiger partial charge >= 0.3 is 0 Å². The topological polar surface area (TPSA) is 73.8 Å². The van der Waals surface area contributed by atoms with Crippen LogP contribution in [0.4, 0.5) is 0 Å². The molecule has 8 heteroatoms.